The van der Waals surface area contributed by atoms with E-state index >= 15 is 0 Å². The van der Waals surface area contributed by atoms with E-state index in [2.05, 4.69) is 157 Å². The Labute approximate surface area is 249 Å². The van der Waals surface area contributed by atoms with E-state index in [-0.39, 0.29) is 17.0 Å². The summed E-state index contributed by atoms with van der Waals surface area (Å²) in [5, 5.41) is 5.33. The standard InChI is InChI=1S/C37H38N2.BrH/c1-26-32(38(3,4)34-24-22-28-16-12-14-18-30(28)36(26)34)20-10-8-7-9-11-21-33-27(2)37-31-19-15-13-17-29(31)23-25-35(37)39(33,5)6;/h7-26H,1-6H3;1H/q+2;. The number of hydrogen-bond donors (Lipinski definition) is 0. The average molecular weight is 592 g/mol. The fraction of sp³-hybridized carbons (Fsp3) is 0.189. The Balaban J connectivity index is 0.00000323. The first-order valence-electron chi connectivity index (χ1n) is 13.9. The first kappa shape index (κ1) is 28.0. The number of benzene rings is 4. The number of fused-ring (bicyclic) bond motifs is 6. The summed E-state index contributed by atoms with van der Waals surface area (Å²) < 4.78 is 1.56. The molecule has 0 spiro atoms. The number of halogens is 1. The van der Waals surface area contributed by atoms with Crippen molar-refractivity contribution in [2.24, 2.45) is 0 Å². The van der Waals surface area contributed by atoms with E-state index in [4.69, 9.17) is 0 Å². The van der Waals surface area contributed by atoms with Crippen LogP contribution in [0.5, 0.6) is 0 Å². The summed E-state index contributed by atoms with van der Waals surface area (Å²) >= 11 is 0. The van der Waals surface area contributed by atoms with Crippen LogP contribution in [-0.2, 0) is 0 Å². The van der Waals surface area contributed by atoms with E-state index in [0.717, 1.165) is 8.97 Å². The Hall–Kier alpha value is -3.50. The van der Waals surface area contributed by atoms with E-state index in [9.17, 15) is 0 Å². The minimum atomic E-state index is 0. The number of rotatable bonds is 4. The minimum Gasteiger partial charge on any atom is -0.266 e. The predicted molar refractivity (Wildman–Crippen MR) is 182 cm³/mol. The third kappa shape index (κ3) is 4.34. The van der Waals surface area contributed by atoms with Crippen LogP contribution in [0.4, 0.5) is 11.4 Å². The lowest BCUT2D eigenvalue weighted by Gasteiger charge is -2.26. The molecule has 0 radical (unpaired) electrons. The fourth-order valence-electron chi connectivity index (χ4n) is 6.93. The highest BCUT2D eigenvalue weighted by Crippen LogP contribution is 2.50. The topological polar surface area (TPSA) is 0 Å². The summed E-state index contributed by atoms with van der Waals surface area (Å²) in [5.41, 5.74) is 9.72. The summed E-state index contributed by atoms with van der Waals surface area (Å²) in [7, 11) is 9.16. The molecule has 0 aliphatic carbocycles. The highest BCUT2D eigenvalue weighted by Gasteiger charge is 2.42. The van der Waals surface area contributed by atoms with Crippen LogP contribution in [0.25, 0.3) is 27.1 Å². The van der Waals surface area contributed by atoms with Crippen molar-refractivity contribution >= 4 is 55.5 Å². The lowest BCUT2D eigenvalue weighted by molar-refractivity contribution is 0.494. The van der Waals surface area contributed by atoms with Crippen LogP contribution in [0.15, 0.2) is 127 Å². The SMILES string of the molecule is Br.CC1=C(C=CC=CC=CC=C2C(C)c3c(ccc4ccccc34)[N+]2(C)C)[N+](C)(C)c2ccc3ccccc3c21. The largest absolute Gasteiger partial charge is 0.266 e. The van der Waals surface area contributed by atoms with Gasteiger partial charge in [-0.15, -0.1) is 17.0 Å². The Morgan fingerprint density at radius 1 is 0.625 bits per heavy atom. The van der Waals surface area contributed by atoms with Gasteiger partial charge >= 0.3 is 0 Å². The molecule has 4 aromatic rings. The number of nitrogens with zero attached hydrogens (tertiary/aromatic N) is 2. The second-order valence-corrected chi connectivity index (χ2v) is 11.8. The van der Waals surface area contributed by atoms with Crippen molar-refractivity contribution in [3.05, 3.63) is 138 Å². The number of quaternary nitrogens is 2. The molecular formula is C37H39BrN2+2. The molecule has 0 aromatic heterocycles. The molecular weight excluding hydrogens is 552 g/mol. The van der Waals surface area contributed by atoms with E-state index in [1.54, 1.807) is 0 Å². The number of likely N-dealkylation sites (N-methyl/N-ethyl adjacent to an activating group) is 2. The van der Waals surface area contributed by atoms with Crippen LogP contribution >= 0.6 is 17.0 Å². The van der Waals surface area contributed by atoms with Gasteiger partial charge in [-0.25, -0.2) is 0 Å². The molecule has 40 heavy (non-hydrogen) atoms. The third-order valence-corrected chi connectivity index (χ3v) is 8.91. The molecule has 1 unspecified atom stereocenters. The lowest BCUT2D eigenvalue weighted by atomic mass is 9.94. The second kappa shape index (κ2) is 10.5. The van der Waals surface area contributed by atoms with E-state index in [1.165, 1.54) is 61.0 Å². The molecule has 2 aliphatic heterocycles. The van der Waals surface area contributed by atoms with Gasteiger partial charge < -0.3 is 0 Å². The van der Waals surface area contributed by atoms with Crippen molar-refractivity contribution in [3.8, 4) is 0 Å². The molecule has 3 heteroatoms. The number of allylic oxidation sites excluding steroid dienone is 9. The Morgan fingerprint density at radius 3 is 1.93 bits per heavy atom. The monoisotopic (exact) mass is 590 g/mol. The van der Waals surface area contributed by atoms with Crippen molar-refractivity contribution in [1.29, 1.82) is 0 Å². The molecule has 1 atom stereocenters. The summed E-state index contributed by atoms with van der Waals surface area (Å²) in [6.07, 6.45) is 15.3. The fourth-order valence-corrected chi connectivity index (χ4v) is 6.93. The zero-order chi connectivity index (χ0) is 27.4. The maximum absolute atomic E-state index is 2.34. The summed E-state index contributed by atoms with van der Waals surface area (Å²) in [4.78, 5) is 0. The van der Waals surface area contributed by atoms with Gasteiger partial charge in [0.1, 0.15) is 22.8 Å². The van der Waals surface area contributed by atoms with Crippen LogP contribution in [0, 0.1) is 0 Å². The van der Waals surface area contributed by atoms with Gasteiger partial charge in [-0.1, -0.05) is 78.9 Å². The van der Waals surface area contributed by atoms with Crippen LogP contribution in [0.3, 0.4) is 0 Å². The first-order chi connectivity index (χ1) is 18.7. The summed E-state index contributed by atoms with van der Waals surface area (Å²) in [6.45, 7) is 4.60. The molecule has 2 aliphatic rings. The molecule has 0 bridgehead atoms. The summed E-state index contributed by atoms with van der Waals surface area (Å²) in [5.74, 6) is 0.379. The van der Waals surface area contributed by atoms with E-state index in [0.29, 0.717) is 5.92 Å². The molecule has 6 rings (SSSR count). The Kier molecular flexibility index (Phi) is 7.35. The van der Waals surface area contributed by atoms with E-state index < -0.39 is 0 Å². The van der Waals surface area contributed by atoms with Gasteiger partial charge in [0.2, 0.25) is 0 Å². The van der Waals surface area contributed by atoms with Crippen LogP contribution < -0.4 is 8.97 Å². The Bertz CT molecular complexity index is 1780. The highest BCUT2D eigenvalue weighted by molar-refractivity contribution is 8.93. The normalized spacial score (nSPS) is 20.4. The molecule has 0 N–H and O–H groups in total. The predicted octanol–water partition coefficient (Wildman–Crippen LogP) is 9.82. The second-order valence-electron chi connectivity index (χ2n) is 11.8. The molecule has 2 nitrogen and oxygen atoms in total. The average Bonchev–Trinajstić information content (AvgIpc) is 3.25. The lowest BCUT2D eigenvalue weighted by Crippen LogP contribution is -2.36. The third-order valence-electron chi connectivity index (χ3n) is 8.91. The molecule has 0 saturated carbocycles. The van der Waals surface area contributed by atoms with Crippen molar-refractivity contribution < 1.29 is 0 Å². The van der Waals surface area contributed by atoms with Crippen LogP contribution in [-0.4, -0.2) is 28.2 Å². The quantitative estimate of drug-likeness (QED) is 0.164. The van der Waals surface area contributed by atoms with Crippen LogP contribution in [0.2, 0.25) is 0 Å². The van der Waals surface area contributed by atoms with Crippen molar-refractivity contribution in [2.45, 2.75) is 19.8 Å². The van der Waals surface area contributed by atoms with Crippen molar-refractivity contribution in [2.75, 3.05) is 28.2 Å². The highest BCUT2D eigenvalue weighted by atomic mass is 79.9. The molecule has 4 aromatic carbocycles. The van der Waals surface area contributed by atoms with Gasteiger partial charge in [0, 0.05) is 23.3 Å². The molecule has 0 saturated heterocycles. The minimum absolute atomic E-state index is 0. The molecule has 202 valence electrons. The van der Waals surface area contributed by atoms with Gasteiger partial charge in [-0.3, -0.25) is 8.97 Å². The van der Waals surface area contributed by atoms with Crippen molar-refractivity contribution in [1.82, 2.24) is 8.97 Å². The smallest absolute Gasteiger partial charge is 0.145 e. The molecule has 0 fully saturated rings. The maximum Gasteiger partial charge on any atom is 0.145 e. The van der Waals surface area contributed by atoms with Crippen LogP contribution in [0.1, 0.15) is 30.9 Å². The van der Waals surface area contributed by atoms with Gasteiger partial charge in [0.15, 0.2) is 0 Å². The molecule has 2 heterocycles. The first-order valence-corrected chi connectivity index (χ1v) is 13.9. The Morgan fingerprint density at radius 2 is 1.20 bits per heavy atom. The summed E-state index contributed by atoms with van der Waals surface area (Å²) in [6, 6.07) is 26.6. The number of hydrogen-bond acceptors (Lipinski definition) is 0. The zero-order valence-electron chi connectivity index (χ0n) is 24.3. The van der Waals surface area contributed by atoms with E-state index in [1.807, 2.05) is 0 Å². The maximum atomic E-state index is 2.34. The van der Waals surface area contributed by atoms with Gasteiger partial charge in [0.25, 0.3) is 0 Å². The van der Waals surface area contributed by atoms with Gasteiger partial charge in [-0.2, -0.15) is 0 Å². The van der Waals surface area contributed by atoms with Gasteiger partial charge in [-0.05, 0) is 59.7 Å². The van der Waals surface area contributed by atoms with Crippen molar-refractivity contribution in [3.63, 3.8) is 0 Å². The zero-order valence-corrected chi connectivity index (χ0v) is 26.1. The van der Waals surface area contributed by atoms with Gasteiger partial charge in [0.05, 0.1) is 39.7 Å². The molecule has 0 amide bonds.